The van der Waals surface area contributed by atoms with E-state index in [0.717, 1.165) is 63.2 Å². The van der Waals surface area contributed by atoms with E-state index in [2.05, 4.69) is 22.4 Å². The van der Waals surface area contributed by atoms with Crippen LogP contribution in [-0.4, -0.2) is 52.4 Å². The lowest BCUT2D eigenvalue weighted by atomic mass is 9.88. The lowest BCUT2D eigenvalue weighted by molar-refractivity contribution is -0.134. The van der Waals surface area contributed by atoms with E-state index in [1.54, 1.807) is 6.20 Å². The van der Waals surface area contributed by atoms with Crippen molar-refractivity contribution >= 4 is 17.5 Å². The van der Waals surface area contributed by atoms with Gasteiger partial charge in [0.25, 0.3) is 5.91 Å². The van der Waals surface area contributed by atoms with Crippen molar-refractivity contribution in [1.29, 1.82) is 0 Å². The quantitative estimate of drug-likeness (QED) is 0.607. The first-order valence-corrected chi connectivity index (χ1v) is 12.3. The number of piperidine rings is 1. The number of ether oxygens (including phenoxy) is 1. The highest BCUT2D eigenvalue weighted by atomic mass is 16.5. The largest absolute Gasteiger partial charge is 0.381 e. The minimum Gasteiger partial charge on any atom is -0.381 e. The summed E-state index contributed by atoms with van der Waals surface area (Å²) in [6.07, 6.45) is 10.2. The van der Waals surface area contributed by atoms with E-state index in [4.69, 9.17) is 4.74 Å². The van der Waals surface area contributed by atoms with Crippen LogP contribution in [0.25, 0.3) is 5.65 Å². The van der Waals surface area contributed by atoms with Crippen LogP contribution >= 0.6 is 0 Å². The van der Waals surface area contributed by atoms with Gasteiger partial charge in [-0.25, -0.2) is 4.98 Å². The molecule has 178 valence electrons. The third kappa shape index (κ3) is 5.30. The standard InChI is InChI=1S/C27H32N4O3/c32-26(18-20-8-15-34-16-9-20)31-12-6-23(7-13-31)22-1-3-24(4-2-22)27(33)29-19-21-5-11-30-14-10-28-25(30)17-21/h1-5,10-11,14,17,20,23H,6-9,12-13,15-16,18-19H2,(H,29,33). The minimum atomic E-state index is -0.0803. The topological polar surface area (TPSA) is 75.9 Å². The number of nitrogens with one attached hydrogen (secondary N) is 1. The molecule has 2 aromatic heterocycles. The van der Waals surface area contributed by atoms with E-state index in [9.17, 15) is 9.59 Å². The van der Waals surface area contributed by atoms with Crippen LogP contribution < -0.4 is 5.32 Å². The Balaban J connectivity index is 1.10. The number of carbonyl (C=O) groups is 2. The molecular weight excluding hydrogens is 428 g/mol. The maximum atomic E-state index is 12.7. The number of nitrogens with zero attached hydrogens (tertiary/aromatic N) is 3. The molecule has 0 saturated carbocycles. The monoisotopic (exact) mass is 460 g/mol. The molecule has 0 spiro atoms. The second kappa shape index (κ2) is 10.4. The van der Waals surface area contributed by atoms with Crippen molar-refractivity contribution < 1.29 is 14.3 Å². The fourth-order valence-corrected chi connectivity index (χ4v) is 5.04. The number of fused-ring (bicyclic) bond motifs is 1. The Morgan fingerprint density at radius 1 is 1.00 bits per heavy atom. The van der Waals surface area contributed by atoms with E-state index in [1.165, 1.54) is 5.56 Å². The number of pyridine rings is 1. The van der Waals surface area contributed by atoms with Gasteiger partial charge in [-0.15, -0.1) is 0 Å². The number of hydrogen-bond acceptors (Lipinski definition) is 4. The molecule has 0 bridgehead atoms. The SMILES string of the molecule is O=C(NCc1ccn2ccnc2c1)c1ccc(C2CCN(C(=O)CC3CCOCC3)CC2)cc1. The molecule has 2 saturated heterocycles. The van der Waals surface area contributed by atoms with Gasteiger partial charge in [0.15, 0.2) is 0 Å². The Morgan fingerprint density at radius 2 is 1.76 bits per heavy atom. The molecule has 0 unspecified atom stereocenters. The smallest absolute Gasteiger partial charge is 0.251 e. The van der Waals surface area contributed by atoms with E-state index in [0.29, 0.717) is 36.3 Å². The van der Waals surface area contributed by atoms with E-state index < -0.39 is 0 Å². The molecular formula is C27H32N4O3. The fraction of sp³-hybridized carbons (Fsp3) is 0.444. The highest BCUT2D eigenvalue weighted by Gasteiger charge is 2.26. The number of imidazole rings is 1. The summed E-state index contributed by atoms with van der Waals surface area (Å²) < 4.78 is 7.35. The second-order valence-corrected chi connectivity index (χ2v) is 9.45. The van der Waals surface area contributed by atoms with Crippen molar-refractivity contribution in [2.24, 2.45) is 5.92 Å². The second-order valence-electron chi connectivity index (χ2n) is 9.45. The van der Waals surface area contributed by atoms with E-state index in [-0.39, 0.29) is 5.91 Å². The highest BCUT2D eigenvalue weighted by Crippen LogP contribution is 2.29. The Hall–Kier alpha value is -3.19. The van der Waals surface area contributed by atoms with Crippen LogP contribution in [0, 0.1) is 5.92 Å². The number of amides is 2. The number of carbonyl (C=O) groups excluding carboxylic acids is 2. The van der Waals surface area contributed by atoms with Crippen LogP contribution in [0.5, 0.6) is 0 Å². The molecule has 34 heavy (non-hydrogen) atoms. The van der Waals surface area contributed by atoms with Crippen LogP contribution in [0.1, 0.15) is 59.5 Å². The van der Waals surface area contributed by atoms with Crippen molar-refractivity contribution in [3.8, 4) is 0 Å². The summed E-state index contributed by atoms with van der Waals surface area (Å²) in [6.45, 7) is 3.67. The van der Waals surface area contributed by atoms with Gasteiger partial charge < -0.3 is 19.4 Å². The van der Waals surface area contributed by atoms with E-state index in [1.807, 2.05) is 46.0 Å². The van der Waals surface area contributed by atoms with Gasteiger partial charge in [-0.3, -0.25) is 9.59 Å². The molecule has 5 rings (SSSR count). The zero-order valence-corrected chi connectivity index (χ0v) is 19.5. The molecule has 7 heteroatoms. The Bertz CT molecular complexity index is 1130. The predicted molar refractivity (Wildman–Crippen MR) is 130 cm³/mol. The summed E-state index contributed by atoms with van der Waals surface area (Å²) in [5.41, 5.74) is 3.79. The first-order chi connectivity index (χ1) is 16.7. The van der Waals surface area contributed by atoms with Gasteiger partial charge in [-0.05, 0) is 72.9 Å². The van der Waals surface area contributed by atoms with Crippen LogP contribution in [0.4, 0.5) is 0 Å². The number of rotatable bonds is 6. The summed E-state index contributed by atoms with van der Waals surface area (Å²) >= 11 is 0. The van der Waals surface area contributed by atoms with Gasteiger partial charge in [0.1, 0.15) is 5.65 Å². The van der Waals surface area contributed by atoms with Crippen LogP contribution in [0.2, 0.25) is 0 Å². The zero-order valence-electron chi connectivity index (χ0n) is 19.5. The van der Waals surface area contributed by atoms with Gasteiger partial charge in [-0.1, -0.05) is 12.1 Å². The van der Waals surface area contributed by atoms with Crippen LogP contribution in [0.15, 0.2) is 55.0 Å². The summed E-state index contributed by atoms with van der Waals surface area (Å²) in [4.78, 5) is 31.6. The summed E-state index contributed by atoms with van der Waals surface area (Å²) in [5, 5.41) is 2.99. The summed E-state index contributed by atoms with van der Waals surface area (Å²) in [5.74, 6) is 1.13. The summed E-state index contributed by atoms with van der Waals surface area (Å²) in [7, 11) is 0. The first-order valence-electron chi connectivity index (χ1n) is 12.3. The fourth-order valence-electron chi connectivity index (χ4n) is 5.04. The Morgan fingerprint density at radius 3 is 2.53 bits per heavy atom. The average Bonchev–Trinajstić information content (AvgIpc) is 3.36. The number of benzene rings is 1. The first kappa shape index (κ1) is 22.6. The van der Waals surface area contributed by atoms with Gasteiger partial charge in [0.2, 0.25) is 5.91 Å². The minimum absolute atomic E-state index is 0.0803. The average molecular weight is 461 g/mol. The van der Waals surface area contributed by atoms with Crippen molar-refractivity contribution in [1.82, 2.24) is 19.6 Å². The third-order valence-electron chi connectivity index (χ3n) is 7.21. The number of hydrogen-bond donors (Lipinski definition) is 1. The molecule has 2 aliphatic heterocycles. The van der Waals surface area contributed by atoms with Gasteiger partial charge in [0.05, 0.1) is 0 Å². The van der Waals surface area contributed by atoms with Crippen LogP contribution in [0.3, 0.4) is 0 Å². The third-order valence-corrected chi connectivity index (χ3v) is 7.21. The molecule has 2 aliphatic rings. The van der Waals surface area contributed by atoms with Crippen molar-refractivity contribution in [3.05, 3.63) is 71.7 Å². The number of likely N-dealkylation sites (tertiary alicyclic amines) is 1. The molecule has 4 heterocycles. The lowest BCUT2D eigenvalue weighted by Crippen LogP contribution is -2.39. The predicted octanol–water partition coefficient (Wildman–Crippen LogP) is 3.79. The molecule has 0 aliphatic carbocycles. The molecule has 0 radical (unpaired) electrons. The van der Waals surface area contributed by atoms with Crippen molar-refractivity contribution in [3.63, 3.8) is 0 Å². The Kier molecular flexibility index (Phi) is 6.90. The highest BCUT2D eigenvalue weighted by molar-refractivity contribution is 5.94. The maximum absolute atomic E-state index is 12.7. The van der Waals surface area contributed by atoms with E-state index >= 15 is 0 Å². The Labute approximate surface area is 200 Å². The molecule has 2 fully saturated rings. The molecule has 0 atom stereocenters. The molecule has 1 aromatic carbocycles. The van der Waals surface area contributed by atoms with Crippen molar-refractivity contribution in [2.45, 2.75) is 44.6 Å². The van der Waals surface area contributed by atoms with Gasteiger partial charge in [-0.2, -0.15) is 0 Å². The van der Waals surface area contributed by atoms with Gasteiger partial charge >= 0.3 is 0 Å². The van der Waals surface area contributed by atoms with Gasteiger partial charge in [0, 0.05) is 63.4 Å². The zero-order chi connectivity index (χ0) is 23.3. The summed E-state index contributed by atoms with van der Waals surface area (Å²) in [6, 6.07) is 11.9. The molecule has 1 N–H and O–H groups in total. The molecule has 2 amide bonds. The maximum Gasteiger partial charge on any atom is 0.251 e. The van der Waals surface area contributed by atoms with Crippen molar-refractivity contribution in [2.75, 3.05) is 26.3 Å². The van der Waals surface area contributed by atoms with Crippen LogP contribution in [-0.2, 0) is 16.1 Å². The molecule has 3 aromatic rings. The normalized spacial score (nSPS) is 17.7. The number of aromatic nitrogens is 2. The molecule has 7 nitrogen and oxygen atoms in total. The lowest BCUT2D eigenvalue weighted by Gasteiger charge is -2.33.